The molecule has 0 amide bonds. The third-order valence-electron chi connectivity index (χ3n) is 4.04. The van der Waals surface area contributed by atoms with Gasteiger partial charge in [0.05, 0.1) is 0 Å². The topological polar surface area (TPSA) is 59.3 Å². The van der Waals surface area contributed by atoms with E-state index in [2.05, 4.69) is 15.4 Å². The van der Waals surface area contributed by atoms with E-state index >= 15 is 0 Å². The van der Waals surface area contributed by atoms with E-state index in [1.54, 1.807) is 12.1 Å². The molecule has 23 heavy (non-hydrogen) atoms. The van der Waals surface area contributed by atoms with Crippen LogP contribution in [0.1, 0.15) is 30.5 Å². The first-order valence-corrected chi connectivity index (χ1v) is 8.37. The van der Waals surface area contributed by atoms with Crippen molar-refractivity contribution in [3.05, 3.63) is 57.8 Å². The molecule has 1 fully saturated rings. The lowest BCUT2D eigenvalue weighted by Gasteiger charge is -2.01. The zero-order valence-electron chi connectivity index (χ0n) is 12.5. The Balaban J connectivity index is 1.55. The van der Waals surface area contributed by atoms with Crippen molar-refractivity contribution >= 4 is 21.4 Å². The van der Waals surface area contributed by atoms with E-state index in [4.69, 9.17) is 0 Å². The SMILES string of the molecule is CCc1cc(=O)n2nc(N[C@@H]3C[C@H]3c3cccc(F)c3)sc2n1. The minimum atomic E-state index is -0.212. The molecule has 3 aromatic rings. The summed E-state index contributed by atoms with van der Waals surface area (Å²) in [5.41, 5.74) is 1.61. The smallest absolute Gasteiger partial charge is 0.275 e. The van der Waals surface area contributed by atoms with Gasteiger partial charge in [-0.15, -0.1) is 5.10 Å². The molecule has 0 aliphatic heterocycles. The van der Waals surface area contributed by atoms with Crippen molar-refractivity contribution in [2.24, 2.45) is 0 Å². The van der Waals surface area contributed by atoms with Crippen molar-refractivity contribution < 1.29 is 4.39 Å². The summed E-state index contributed by atoms with van der Waals surface area (Å²) in [6, 6.07) is 8.43. The van der Waals surface area contributed by atoms with Crippen LogP contribution in [0.4, 0.5) is 9.52 Å². The number of fused-ring (bicyclic) bond motifs is 1. The van der Waals surface area contributed by atoms with Gasteiger partial charge in [-0.05, 0) is 30.5 Å². The van der Waals surface area contributed by atoms with Crippen molar-refractivity contribution in [2.75, 3.05) is 5.32 Å². The molecular weight excluding hydrogens is 315 g/mol. The van der Waals surface area contributed by atoms with E-state index in [-0.39, 0.29) is 23.3 Å². The Bertz CT molecular complexity index is 935. The molecule has 1 saturated carbocycles. The van der Waals surface area contributed by atoms with E-state index in [1.165, 1.54) is 28.0 Å². The minimum absolute atomic E-state index is 0.159. The second-order valence-corrected chi connectivity index (χ2v) is 6.64. The predicted octanol–water partition coefficient (Wildman–Crippen LogP) is 2.82. The number of rotatable bonds is 4. The van der Waals surface area contributed by atoms with Crippen LogP contribution < -0.4 is 10.9 Å². The molecule has 0 bridgehead atoms. The number of benzene rings is 1. The van der Waals surface area contributed by atoms with Crippen molar-refractivity contribution in [3.63, 3.8) is 0 Å². The molecule has 118 valence electrons. The molecule has 0 spiro atoms. The maximum absolute atomic E-state index is 13.3. The van der Waals surface area contributed by atoms with Gasteiger partial charge < -0.3 is 5.32 Å². The number of nitrogens with zero attached hydrogens (tertiary/aromatic N) is 3. The van der Waals surface area contributed by atoms with E-state index in [0.29, 0.717) is 10.1 Å². The van der Waals surface area contributed by atoms with Crippen LogP contribution in [0.3, 0.4) is 0 Å². The summed E-state index contributed by atoms with van der Waals surface area (Å²) in [7, 11) is 0. The lowest BCUT2D eigenvalue weighted by molar-refractivity contribution is 0.625. The van der Waals surface area contributed by atoms with Crippen molar-refractivity contribution in [2.45, 2.75) is 31.7 Å². The van der Waals surface area contributed by atoms with Crippen LogP contribution in [0, 0.1) is 5.82 Å². The standard InChI is InChI=1S/C16H15FN4OS/c1-2-11-7-14(22)21-16(18-11)23-15(20-21)19-13-8-12(13)9-4-3-5-10(17)6-9/h3-7,12-13H,2,8H2,1H3,(H,19,20)/t12-,13+/m0/s1. The van der Waals surface area contributed by atoms with Gasteiger partial charge in [0.1, 0.15) is 5.82 Å². The third kappa shape index (κ3) is 2.72. The maximum atomic E-state index is 13.3. The van der Waals surface area contributed by atoms with Crippen LogP contribution in [0.15, 0.2) is 35.1 Å². The molecule has 0 unspecified atom stereocenters. The fourth-order valence-electron chi connectivity index (χ4n) is 2.71. The maximum Gasteiger partial charge on any atom is 0.275 e. The van der Waals surface area contributed by atoms with Crippen LogP contribution in [0.5, 0.6) is 0 Å². The van der Waals surface area contributed by atoms with Gasteiger partial charge >= 0.3 is 0 Å². The third-order valence-corrected chi connectivity index (χ3v) is 4.88. The quantitative estimate of drug-likeness (QED) is 0.799. The predicted molar refractivity (Wildman–Crippen MR) is 87.7 cm³/mol. The van der Waals surface area contributed by atoms with E-state index in [1.807, 2.05) is 13.0 Å². The molecule has 2 aromatic heterocycles. The largest absolute Gasteiger partial charge is 0.357 e. The highest BCUT2D eigenvalue weighted by Crippen LogP contribution is 2.43. The van der Waals surface area contributed by atoms with Gasteiger partial charge in [-0.1, -0.05) is 30.4 Å². The molecule has 0 saturated heterocycles. The highest BCUT2D eigenvalue weighted by atomic mass is 32.1. The first-order valence-electron chi connectivity index (χ1n) is 7.56. The fourth-order valence-corrected chi connectivity index (χ4v) is 3.60. The number of aryl methyl sites for hydroxylation is 1. The first-order chi connectivity index (χ1) is 11.1. The Morgan fingerprint density at radius 3 is 3.09 bits per heavy atom. The van der Waals surface area contributed by atoms with Crippen LogP contribution in [-0.4, -0.2) is 20.6 Å². The molecule has 0 radical (unpaired) electrons. The Morgan fingerprint density at radius 1 is 1.43 bits per heavy atom. The second kappa shape index (κ2) is 5.42. The normalized spacial score (nSPS) is 19.9. The summed E-state index contributed by atoms with van der Waals surface area (Å²) in [4.78, 5) is 17.0. The van der Waals surface area contributed by atoms with Gasteiger partial charge in [0.2, 0.25) is 10.1 Å². The molecule has 2 atom stereocenters. The number of aromatic nitrogens is 3. The van der Waals surface area contributed by atoms with Gasteiger partial charge in [-0.25, -0.2) is 9.37 Å². The molecule has 1 aliphatic rings. The molecule has 4 rings (SSSR count). The van der Waals surface area contributed by atoms with E-state index < -0.39 is 0 Å². The van der Waals surface area contributed by atoms with Gasteiger partial charge in [0, 0.05) is 23.7 Å². The molecule has 1 N–H and O–H groups in total. The summed E-state index contributed by atoms with van der Waals surface area (Å²) in [5.74, 6) is 0.0737. The molecule has 7 heteroatoms. The molecular formula is C16H15FN4OS. The Hall–Kier alpha value is -2.28. The first kappa shape index (κ1) is 14.3. The fraction of sp³-hybridized carbons (Fsp3) is 0.312. The highest BCUT2D eigenvalue weighted by molar-refractivity contribution is 7.20. The summed E-state index contributed by atoms with van der Waals surface area (Å²) in [6.07, 6.45) is 1.65. The number of nitrogens with one attached hydrogen (secondary N) is 1. The summed E-state index contributed by atoms with van der Waals surface area (Å²) in [6.45, 7) is 1.96. The zero-order valence-corrected chi connectivity index (χ0v) is 13.3. The van der Waals surface area contributed by atoms with Crippen molar-refractivity contribution in [3.8, 4) is 0 Å². The number of hydrogen-bond acceptors (Lipinski definition) is 5. The average molecular weight is 330 g/mol. The Morgan fingerprint density at radius 2 is 2.30 bits per heavy atom. The van der Waals surface area contributed by atoms with E-state index in [0.717, 1.165) is 24.1 Å². The van der Waals surface area contributed by atoms with Crippen molar-refractivity contribution in [1.82, 2.24) is 14.6 Å². The summed E-state index contributed by atoms with van der Waals surface area (Å²) in [5, 5.41) is 8.28. The Kier molecular flexibility index (Phi) is 3.37. The van der Waals surface area contributed by atoms with Crippen LogP contribution in [0.25, 0.3) is 4.96 Å². The molecule has 1 aliphatic carbocycles. The van der Waals surface area contributed by atoms with Gasteiger partial charge in [-0.2, -0.15) is 4.52 Å². The van der Waals surface area contributed by atoms with Gasteiger partial charge in [0.25, 0.3) is 5.56 Å². The summed E-state index contributed by atoms with van der Waals surface area (Å²) >= 11 is 1.37. The number of halogens is 1. The zero-order chi connectivity index (χ0) is 16.0. The lowest BCUT2D eigenvalue weighted by Crippen LogP contribution is -2.15. The number of anilines is 1. The Labute approximate surface area is 135 Å². The van der Waals surface area contributed by atoms with Crippen LogP contribution in [-0.2, 0) is 6.42 Å². The second-order valence-electron chi connectivity index (χ2n) is 5.69. The molecule has 2 heterocycles. The van der Waals surface area contributed by atoms with Crippen LogP contribution >= 0.6 is 11.3 Å². The van der Waals surface area contributed by atoms with E-state index in [9.17, 15) is 9.18 Å². The monoisotopic (exact) mass is 330 g/mol. The minimum Gasteiger partial charge on any atom is -0.357 e. The molecule has 1 aromatic carbocycles. The number of hydrogen-bond donors (Lipinski definition) is 1. The average Bonchev–Trinajstić information content (AvgIpc) is 3.17. The van der Waals surface area contributed by atoms with Gasteiger partial charge in [0.15, 0.2) is 0 Å². The lowest BCUT2D eigenvalue weighted by atomic mass is 10.1. The summed E-state index contributed by atoms with van der Waals surface area (Å²) < 4.78 is 14.6. The molecule has 5 nitrogen and oxygen atoms in total. The van der Waals surface area contributed by atoms with Crippen molar-refractivity contribution in [1.29, 1.82) is 0 Å². The van der Waals surface area contributed by atoms with Gasteiger partial charge in [-0.3, -0.25) is 4.79 Å². The van der Waals surface area contributed by atoms with Crippen LogP contribution in [0.2, 0.25) is 0 Å². The highest BCUT2D eigenvalue weighted by Gasteiger charge is 2.39.